The molecular formula is C14H22N4O4. The third-order valence-corrected chi connectivity index (χ3v) is 4.39. The van der Waals surface area contributed by atoms with Gasteiger partial charge in [-0.1, -0.05) is 6.92 Å². The van der Waals surface area contributed by atoms with Crippen molar-refractivity contribution in [3.63, 3.8) is 0 Å². The van der Waals surface area contributed by atoms with Gasteiger partial charge < -0.3 is 0 Å². The van der Waals surface area contributed by atoms with Crippen LogP contribution >= 0.6 is 0 Å². The fraction of sp³-hybridized carbons (Fsp3) is 0.714. The summed E-state index contributed by atoms with van der Waals surface area (Å²) in [5.41, 5.74) is 0. The molecule has 2 saturated heterocycles. The Balaban J connectivity index is 2.10. The van der Waals surface area contributed by atoms with E-state index in [1.54, 1.807) is 18.7 Å². The number of imide groups is 2. The molecule has 22 heavy (non-hydrogen) atoms. The van der Waals surface area contributed by atoms with E-state index in [1.165, 1.54) is 0 Å². The maximum Gasteiger partial charge on any atom is 0.243 e. The van der Waals surface area contributed by atoms with E-state index in [4.69, 9.17) is 0 Å². The number of amides is 4. The molecule has 0 bridgehead atoms. The Labute approximate surface area is 129 Å². The van der Waals surface area contributed by atoms with Crippen molar-refractivity contribution in [1.29, 1.82) is 0 Å². The molecule has 0 aromatic carbocycles. The topological polar surface area (TPSA) is 98.8 Å². The van der Waals surface area contributed by atoms with Crippen LogP contribution in [0.1, 0.15) is 27.2 Å². The summed E-state index contributed by atoms with van der Waals surface area (Å²) in [6, 6.07) is -0.894. The van der Waals surface area contributed by atoms with Crippen molar-refractivity contribution in [2.75, 3.05) is 19.6 Å². The molecule has 2 aliphatic heterocycles. The third-order valence-electron chi connectivity index (χ3n) is 4.39. The van der Waals surface area contributed by atoms with Gasteiger partial charge in [-0.05, 0) is 20.3 Å². The standard InChI is InChI=1S/C14H22N4O4/c1-4-10(18-7-12(20)16-14(22)9(18)3)5-17-6-11(19)15-13(21)8(17)2/h8-10H,4-7H2,1-3H3,(H,15,19,21)(H,16,20,22). The summed E-state index contributed by atoms with van der Waals surface area (Å²) < 4.78 is 0. The quantitative estimate of drug-likeness (QED) is 0.611. The fourth-order valence-corrected chi connectivity index (χ4v) is 2.91. The minimum absolute atomic E-state index is 0.0776. The highest BCUT2D eigenvalue weighted by Crippen LogP contribution is 2.16. The van der Waals surface area contributed by atoms with Crippen LogP contribution < -0.4 is 10.6 Å². The summed E-state index contributed by atoms with van der Waals surface area (Å²) in [7, 11) is 0. The average Bonchev–Trinajstić information content (AvgIpc) is 2.45. The smallest absolute Gasteiger partial charge is 0.243 e. The van der Waals surface area contributed by atoms with Gasteiger partial charge in [-0.3, -0.25) is 39.6 Å². The molecule has 8 nitrogen and oxygen atoms in total. The van der Waals surface area contributed by atoms with Gasteiger partial charge in [0.05, 0.1) is 25.2 Å². The van der Waals surface area contributed by atoms with Gasteiger partial charge in [-0.25, -0.2) is 0 Å². The zero-order chi connectivity index (χ0) is 16.4. The molecule has 0 aromatic rings. The molecule has 2 N–H and O–H groups in total. The first-order valence-electron chi connectivity index (χ1n) is 7.50. The Morgan fingerprint density at radius 2 is 1.55 bits per heavy atom. The van der Waals surface area contributed by atoms with Gasteiger partial charge in [0.2, 0.25) is 23.6 Å². The number of rotatable bonds is 4. The molecule has 4 amide bonds. The summed E-state index contributed by atoms with van der Waals surface area (Å²) in [6.07, 6.45) is 0.712. The number of piperazine rings is 2. The van der Waals surface area contributed by atoms with E-state index in [0.29, 0.717) is 13.0 Å². The van der Waals surface area contributed by atoms with Gasteiger partial charge in [0.15, 0.2) is 0 Å². The van der Waals surface area contributed by atoms with E-state index in [0.717, 1.165) is 0 Å². The molecule has 0 aliphatic carbocycles. The molecule has 2 rings (SSSR count). The van der Waals surface area contributed by atoms with Crippen LogP contribution in [0.4, 0.5) is 0 Å². The van der Waals surface area contributed by atoms with Crippen molar-refractivity contribution in [2.45, 2.75) is 45.3 Å². The van der Waals surface area contributed by atoms with Crippen LogP contribution in [0.3, 0.4) is 0 Å². The van der Waals surface area contributed by atoms with Crippen molar-refractivity contribution in [2.24, 2.45) is 0 Å². The largest absolute Gasteiger partial charge is 0.294 e. The van der Waals surface area contributed by atoms with Crippen LogP contribution in [0, 0.1) is 0 Å². The molecular weight excluding hydrogens is 288 g/mol. The lowest BCUT2D eigenvalue weighted by atomic mass is 10.1. The summed E-state index contributed by atoms with van der Waals surface area (Å²) in [5.74, 6) is -1.26. The van der Waals surface area contributed by atoms with Gasteiger partial charge in [0, 0.05) is 12.6 Å². The molecule has 0 spiro atoms. The van der Waals surface area contributed by atoms with Crippen molar-refractivity contribution in [1.82, 2.24) is 20.4 Å². The molecule has 0 aromatic heterocycles. The Morgan fingerprint density at radius 3 is 2.14 bits per heavy atom. The molecule has 122 valence electrons. The summed E-state index contributed by atoms with van der Waals surface area (Å²) in [6.45, 7) is 6.21. The number of nitrogens with one attached hydrogen (secondary N) is 2. The summed E-state index contributed by atoms with van der Waals surface area (Å²) in [4.78, 5) is 50.3. The van der Waals surface area contributed by atoms with Crippen molar-refractivity contribution >= 4 is 23.6 Å². The lowest BCUT2D eigenvalue weighted by Crippen LogP contribution is -2.64. The summed E-state index contributed by atoms with van der Waals surface area (Å²) in [5, 5.41) is 4.61. The maximum absolute atomic E-state index is 11.8. The minimum atomic E-state index is -0.410. The van der Waals surface area contributed by atoms with Crippen LogP contribution in [-0.4, -0.2) is 71.2 Å². The van der Waals surface area contributed by atoms with Crippen molar-refractivity contribution in [3.05, 3.63) is 0 Å². The van der Waals surface area contributed by atoms with E-state index >= 15 is 0 Å². The molecule has 2 fully saturated rings. The predicted molar refractivity (Wildman–Crippen MR) is 77.6 cm³/mol. The number of carbonyl (C=O) groups excluding carboxylic acids is 4. The Bertz CT molecular complexity index is 507. The van der Waals surface area contributed by atoms with Crippen molar-refractivity contribution in [3.8, 4) is 0 Å². The van der Waals surface area contributed by atoms with Gasteiger partial charge in [-0.15, -0.1) is 0 Å². The highest BCUT2D eigenvalue weighted by atomic mass is 16.2. The summed E-state index contributed by atoms with van der Waals surface area (Å²) >= 11 is 0. The molecule has 2 heterocycles. The normalized spacial score (nSPS) is 29.2. The Morgan fingerprint density at radius 1 is 1.00 bits per heavy atom. The third kappa shape index (κ3) is 3.33. The van der Waals surface area contributed by atoms with Crippen LogP contribution in [0.15, 0.2) is 0 Å². The van der Waals surface area contributed by atoms with Crippen LogP contribution in [0.5, 0.6) is 0 Å². The second-order valence-corrected chi connectivity index (χ2v) is 5.84. The fourth-order valence-electron chi connectivity index (χ4n) is 2.91. The number of nitrogens with zero attached hydrogens (tertiary/aromatic N) is 2. The van der Waals surface area contributed by atoms with Crippen LogP contribution in [0.25, 0.3) is 0 Å². The number of carbonyl (C=O) groups is 4. The van der Waals surface area contributed by atoms with E-state index in [2.05, 4.69) is 10.6 Å². The second-order valence-electron chi connectivity index (χ2n) is 5.84. The molecule has 3 unspecified atom stereocenters. The van der Waals surface area contributed by atoms with Gasteiger partial charge in [0.1, 0.15) is 0 Å². The molecule has 0 radical (unpaired) electrons. The zero-order valence-electron chi connectivity index (χ0n) is 13.1. The highest BCUT2D eigenvalue weighted by Gasteiger charge is 2.37. The first-order chi connectivity index (χ1) is 10.3. The monoisotopic (exact) mass is 310 g/mol. The minimum Gasteiger partial charge on any atom is -0.294 e. The van der Waals surface area contributed by atoms with Gasteiger partial charge in [-0.2, -0.15) is 0 Å². The lowest BCUT2D eigenvalue weighted by Gasteiger charge is -2.41. The van der Waals surface area contributed by atoms with E-state index < -0.39 is 12.1 Å². The SMILES string of the molecule is CCC(CN1CC(=O)NC(=O)C1C)N1CC(=O)NC(=O)C1C. The van der Waals surface area contributed by atoms with Crippen LogP contribution in [0.2, 0.25) is 0 Å². The lowest BCUT2D eigenvalue weighted by molar-refractivity contribution is -0.144. The van der Waals surface area contributed by atoms with Gasteiger partial charge in [0.25, 0.3) is 0 Å². The first-order valence-corrected chi connectivity index (χ1v) is 7.50. The average molecular weight is 310 g/mol. The van der Waals surface area contributed by atoms with Gasteiger partial charge >= 0.3 is 0 Å². The first kappa shape index (κ1) is 16.6. The Kier molecular flexibility index (Phi) is 4.92. The molecule has 0 saturated carbocycles. The van der Waals surface area contributed by atoms with Crippen LogP contribution in [-0.2, 0) is 19.2 Å². The van der Waals surface area contributed by atoms with Crippen molar-refractivity contribution < 1.29 is 19.2 Å². The number of hydrogen-bond donors (Lipinski definition) is 2. The molecule has 3 atom stereocenters. The highest BCUT2D eigenvalue weighted by molar-refractivity contribution is 6.01. The zero-order valence-corrected chi connectivity index (χ0v) is 13.1. The maximum atomic E-state index is 11.8. The Hall–Kier alpha value is -1.80. The van der Waals surface area contributed by atoms with E-state index in [-0.39, 0.29) is 42.8 Å². The van der Waals surface area contributed by atoms with E-state index in [1.807, 2.05) is 11.8 Å². The van der Waals surface area contributed by atoms with E-state index in [9.17, 15) is 19.2 Å². The number of hydrogen-bond acceptors (Lipinski definition) is 6. The second kappa shape index (κ2) is 6.53. The predicted octanol–water partition coefficient (Wildman–Crippen LogP) is -1.54. The molecule has 8 heteroatoms. The molecule has 2 aliphatic rings.